The zero-order valence-corrected chi connectivity index (χ0v) is 15.0. The predicted octanol–water partition coefficient (Wildman–Crippen LogP) is 3.16. The molecule has 2 rings (SSSR count). The third-order valence-electron chi connectivity index (χ3n) is 3.70. The third kappa shape index (κ3) is 4.01. The third-order valence-corrected chi connectivity index (χ3v) is 5.53. The first-order valence-corrected chi connectivity index (χ1v) is 8.96. The number of aryl methyl sites for hydroxylation is 1. The summed E-state index contributed by atoms with van der Waals surface area (Å²) in [7, 11) is -0.590. The van der Waals surface area contributed by atoms with Crippen LogP contribution in [0.2, 0.25) is 0 Å². The second-order valence-corrected chi connectivity index (χ2v) is 7.92. The molecule has 0 bridgehead atoms. The molecule has 0 heterocycles. The van der Waals surface area contributed by atoms with E-state index in [1.165, 1.54) is 38.4 Å². The van der Waals surface area contributed by atoms with Crippen molar-refractivity contribution in [3.63, 3.8) is 0 Å². The highest BCUT2D eigenvalue weighted by Gasteiger charge is 2.19. The van der Waals surface area contributed by atoms with Crippen molar-refractivity contribution < 1.29 is 17.9 Å². The van der Waals surface area contributed by atoms with E-state index in [1.807, 2.05) is 31.2 Å². The average molecular weight is 347 g/mol. The second-order valence-electron chi connectivity index (χ2n) is 5.77. The van der Waals surface area contributed by atoms with Crippen molar-refractivity contribution in [1.29, 1.82) is 0 Å². The van der Waals surface area contributed by atoms with E-state index in [9.17, 15) is 13.2 Å². The Balaban J connectivity index is 2.11. The number of carbonyl (C=O) groups excluding carboxylic acids is 1. The summed E-state index contributed by atoms with van der Waals surface area (Å²) >= 11 is 0. The maximum absolute atomic E-state index is 12.2. The van der Waals surface area contributed by atoms with Crippen LogP contribution >= 0.6 is 0 Å². The number of nitrogens with zero attached hydrogens (tertiary/aromatic N) is 1. The molecular formula is C18H21NO4S. The van der Waals surface area contributed by atoms with Crippen molar-refractivity contribution in [2.75, 3.05) is 14.1 Å². The van der Waals surface area contributed by atoms with Crippen LogP contribution in [0.5, 0.6) is 0 Å². The topological polar surface area (TPSA) is 63.7 Å². The van der Waals surface area contributed by atoms with Gasteiger partial charge >= 0.3 is 5.97 Å². The normalized spacial score (nSPS) is 12.9. The van der Waals surface area contributed by atoms with Crippen molar-refractivity contribution in [2.24, 2.45) is 0 Å². The molecule has 24 heavy (non-hydrogen) atoms. The van der Waals surface area contributed by atoms with E-state index in [-0.39, 0.29) is 11.0 Å². The van der Waals surface area contributed by atoms with Crippen LogP contribution in [0, 0.1) is 6.92 Å². The SMILES string of the molecule is Cc1ccc([C@H](C)OC(=O)c2ccc(S(=O)(=O)N(C)C)cc2)cc1. The van der Waals surface area contributed by atoms with Crippen LogP contribution in [0.25, 0.3) is 0 Å². The van der Waals surface area contributed by atoms with E-state index < -0.39 is 16.0 Å². The monoisotopic (exact) mass is 347 g/mol. The summed E-state index contributed by atoms with van der Waals surface area (Å²) in [5.41, 5.74) is 2.35. The molecule has 6 heteroatoms. The summed E-state index contributed by atoms with van der Waals surface area (Å²) < 4.78 is 30.6. The summed E-state index contributed by atoms with van der Waals surface area (Å²) in [6.45, 7) is 3.79. The molecule has 0 radical (unpaired) electrons. The summed E-state index contributed by atoms with van der Waals surface area (Å²) in [5, 5.41) is 0. The smallest absolute Gasteiger partial charge is 0.338 e. The predicted molar refractivity (Wildman–Crippen MR) is 92.3 cm³/mol. The van der Waals surface area contributed by atoms with Crippen molar-refractivity contribution in [3.05, 3.63) is 65.2 Å². The molecule has 0 N–H and O–H groups in total. The number of sulfonamides is 1. The number of carbonyl (C=O) groups is 1. The van der Waals surface area contributed by atoms with Gasteiger partial charge in [-0.05, 0) is 43.7 Å². The lowest BCUT2D eigenvalue weighted by Gasteiger charge is -2.14. The van der Waals surface area contributed by atoms with Crippen molar-refractivity contribution >= 4 is 16.0 Å². The number of esters is 1. The number of hydrogen-bond acceptors (Lipinski definition) is 4. The number of hydrogen-bond donors (Lipinski definition) is 0. The van der Waals surface area contributed by atoms with Crippen LogP contribution in [-0.2, 0) is 14.8 Å². The molecule has 0 spiro atoms. The highest BCUT2D eigenvalue weighted by molar-refractivity contribution is 7.89. The van der Waals surface area contributed by atoms with Crippen LogP contribution in [0.15, 0.2) is 53.4 Å². The van der Waals surface area contributed by atoms with Gasteiger partial charge in [-0.25, -0.2) is 17.5 Å². The van der Waals surface area contributed by atoms with Crippen LogP contribution < -0.4 is 0 Å². The Bertz CT molecular complexity index is 809. The molecule has 0 unspecified atom stereocenters. The molecule has 0 aliphatic rings. The number of benzene rings is 2. The Hall–Kier alpha value is -2.18. The second kappa shape index (κ2) is 7.15. The molecule has 2 aromatic rings. The Morgan fingerprint density at radius 3 is 2.04 bits per heavy atom. The molecule has 0 aliphatic carbocycles. The molecule has 0 aliphatic heterocycles. The van der Waals surface area contributed by atoms with E-state index in [4.69, 9.17) is 4.74 Å². The van der Waals surface area contributed by atoms with Crippen molar-refractivity contribution in [3.8, 4) is 0 Å². The molecule has 0 saturated heterocycles. The van der Waals surface area contributed by atoms with Gasteiger partial charge in [0, 0.05) is 14.1 Å². The Morgan fingerprint density at radius 1 is 1.00 bits per heavy atom. The van der Waals surface area contributed by atoms with E-state index in [2.05, 4.69) is 0 Å². The van der Waals surface area contributed by atoms with Gasteiger partial charge in [-0.15, -0.1) is 0 Å². The standard InChI is InChI=1S/C18H21NO4S/c1-13-5-7-15(8-6-13)14(2)23-18(20)16-9-11-17(12-10-16)24(21,22)19(3)4/h5-12,14H,1-4H3/t14-/m0/s1. The van der Waals surface area contributed by atoms with E-state index >= 15 is 0 Å². The zero-order chi connectivity index (χ0) is 17.9. The van der Waals surface area contributed by atoms with Gasteiger partial charge in [-0.3, -0.25) is 0 Å². The highest BCUT2D eigenvalue weighted by Crippen LogP contribution is 2.20. The fourth-order valence-electron chi connectivity index (χ4n) is 2.11. The van der Waals surface area contributed by atoms with E-state index in [0.717, 1.165) is 15.4 Å². The van der Waals surface area contributed by atoms with Gasteiger partial charge in [0.05, 0.1) is 10.5 Å². The van der Waals surface area contributed by atoms with Crippen molar-refractivity contribution in [1.82, 2.24) is 4.31 Å². The van der Waals surface area contributed by atoms with Crippen LogP contribution in [0.3, 0.4) is 0 Å². The molecule has 0 amide bonds. The van der Waals surface area contributed by atoms with Gasteiger partial charge in [0.2, 0.25) is 10.0 Å². The largest absolute Gasteiger partial charge is 0.454 e. The molecular weight excluding hydrogens is 326 g/mol. The minimum atomic E-state index is -3.51. The molecule has 0 fully saturated rings. The Labute approximate surface area is 142 Å². The van der Waals surface area contributed by atoms with E-state index in [0.29, 0.717) is 5.56 Å². The Morgan fingerprint density at radius 2 is 1.54 bits per heavy atom. The average Bonchev–Trinajstić information content (AvgIpc) is 2.55. The van der Waals surface area contributed by atoms with Crippen LogP contribution in [0.4, 0.5) is 0 Å². The summed E-state index contributed by atoms with van der Waals surface area (Å²) in [4.78, 5) is 12.3. The minimum absolute atomic E-state index is 0.135. The van der Waals surface area contributed by atoms with Gasteiger partial charge in [-0.2, -0.15) is 0 Å². The van der Waals surface area contributed by atoms with Crippen LogP contribution in [0.1, 0.15) is 34.5 Å². The molecule has 128 valence electrons. The first kappa shape index (κ1) is 18.2. The quantitative estimate of drug-likeness (QED) is 0.780. The minimum Gasteiger partial charge on any atom is -0.454 e. The summed E-state index contributed by atoms with van der Waals surface area (Å²) in [5.74, 6) is -0.489. The van der Waals surface area contributed by atoms with Gasteiger partial charge in [-0.1, -0.05) is 29.8 Å². The lowest BCUT2D eigenvalue weighted by molar-refractivity contribution is 0.0338. The first-order chi connectivity index (χ1) is 11.2. The van der Waals surface area contributed by atoms with Gasteiger partial charge in [0.1, 0.15) is 6.10 Å². The fourth-order valence-corrected chi connectivity index (χ4v) is 3.01. The zero-order valence-electron chi connectivity index (χ0n) is 14.2. The number of rotatable bonds is 5. The van der Waals surface area contributed by atoms with Gasteiger partial charge in [0.15, 0.2) is 0 Å². The number of ether oxygens (including phenoxy) is 1. The first-order valence-electron chi connectivity index (χ1n) is 7.52. The van der Waals surface area contributed by atoms with Gasteiger partial charge < -0.3 is 4.74 Å². The van der Waals surface area contributed by atoms with Crippen molar-refractivity contribution in [2.45, 2.75) is 24.8 Å². The maximum atomic E-state index is 12.2. The lowest BCUT2D eigenvalue weighted by Crippen LogP contribution is -2.22. The highest BCUT2D eigenvalue weighted by atomic mass is 32.2. The lowest BCUT2D eigenvalue weighted by atomic mass is 10.1. The fraction of sp³-hybridized carbons (Fsp3) is 0.278. The summed E-state index contributed by atoms with van der Waals surface area (Å²) in [6, 6.07) is 13.5. The molecule has 0 aromatic heterocycles. The maximum Gasteiger partial charge on any atom is 0.338 e. The molecule has 2 aromatic carbocycles. The van der Waals surface area contributed by atoms with Crippen LogP contribution in [-0.4, -0.2) is 32.8 Å². The molecule has 1 atom stereocenters. The van der Waals surface area contributed by atoms with E-state index in [1.54, 1.807) is 6.92 Å². The molecule has 0 saturated carbocycles. The van der Waals surface area contributed by atoms with Gasteiger partial charge in [0.25, 0.3) is 0 Å². The Kier molecular flexibility index (Phi) is 5.41. The summed E-state index contributed by atoms with van der Waals surface area (Å²) in [6.07, 6.45) is -0.386. The molecule has 5 nitrogen and oxygen atoms in total.